The van der Waals surface area contributed by atoms with E-state index >= 15 is 0 Å². The van der Waals surface area contributed by atoms with Gasteiger partial charge < -0.3 is 4.74 Å². The molecule has 0 spiro atoms. The van der Waals surface area contributed by atoms with Crippen LogP contribution in [0.5, 0.6) is 0 Å². The summed E-state index contributed by atoms with van der Waals surface area (Å²) < 4.78 is 4.99. The molecule has 82 valence electrons. The number of rotatable bonds is 6. The molecule has 0 amide bonds. The summed E-state index contributed by atoms with van der Waals surface area (Å²) in [6.45, 7) is 8.48. The zero-order chi connectivity index (χ0) is 11.0. The van der Waals surface area contributed by atoms with Gasteiger partial charge in [0.05, 0.1) is 6.61 Å². The third kappa shape index (κ3) is 5.05. The molecule has 0 radical (unpaired) electrons. The third-order valence-electron chi connectivity index (χ3n) is 2.06. The molecule has 2 heteroatoms. The Morgan fingerprint density at radius 1 is 1.36 bits per heavy atom. The van der Waals surface area contributed by atoms with Crippen LogP contribution < -0.4 is 0 Å². The molecular formula is C12H22O2. The number of ether oxygens (including phenoxy) is 1. The topological polar surface area (TPSA) is 26.3 Å². The van der Waals surface area contributed by atoms with Crippen LogP contribution in [0.1, 0.15) is 47.0 Å². The second kappa shape index (κ2) is 7.60. The molecule has 2 nitrogen and oxygen atoms in total. The Balaban J connectivity index is 4.27. The average Bonchev–Trinajstić information content (AvgIpc) is 2.12. The normalized spacial score (nSPS) is 11.9. The maximum Gasteiger partial charge on any atom is 0.333 e. The average molecular weight is 198 g/mol. The molecule has 0 unspecified atom stereocenters. The minimum Gasteiger partial charge on any atom is -0.463 e. The molecule has 0 saturated carbocycles. The van der Waals surface area contributed by atoms with E-state index in [4.69, 9.17) is 4.74 Å². The van der Waals surface area contributed by atoms with Crippen LogP contribution in [-0.4, -0.2) is 12.6 Å². The van der Waals surface area contributed by atoms with Crippen molar-refractivity contribution in [1.82, 2.24) is 0 Å². The molecule has 14 heavy (non-hydrogen) atoms. The molecule has 0 N–H and O–H groups in total. The van der Waals surface area contributed by atoms with E-state index < -0.39 is 0 Å². The number of carbonyl (C=O) groups is 1. The second-order valence-electron chi connectivity index (χ2n) is 3.68. The molecule has 0 aliphatic carbocycles. The Bertz CT molecular complexity index is 192. The summed E-state index contributed by atoms with van der Waals surface area (Å²) >= 11 is 0. The predicted octanol–water partition coefficient (Wildman–Crippen LogP) is 3.32. The lowest BCUT2D eigenvalue weighted by atomic mass is 10.0. The van der Waals surface area contributed by atoms with Crippen molar-refractivity contribution in [2.75, 3.05) is 6.61 Å². The lowest BCUT2D eigenvalue weighted by molar-refractivity contribution is -0.139. The lowest BCUT2D eigenvalue weighted by Crippen LogP contribution is -2.12. The van der Waals surface area contributed by atoms with Crippen LogP contribution in [0.4, 0.5) is 0 Å². The highest BCUT2D eigenvalue weighted by molar-refractivity contribution is 5.88. The monoisotopic (exact) mass is 198 g/mol. The molecule has 0 saturated heterocycles. The summed E-state index contributed by atoms with van der Waals surface area (Å²) in [5, 5.41) is 0. The first-order chi connectivity index (χ1) is 6.63. The number of hydrogen-bond donors (Lipinski definition) is 0. The van der Waals surface area contributed by atoms with Gasteiger partial charge >= 0.3 is 5.97 Å². The van der Waals surface area contributed by atoms with Crippen LogP contribution in [0.25, 0.3) is 0 Å². The van der Waals surface area contributed by atoms with Gasteiger partial charge in [0, 0.05) is 5.57 Å². The van der Waals surface area contributed by atoms with Crippen molar-refractivity contribution >= 4 is 5.97 Å². The van der Waals surface area contributed by atoms with Gasteiger partial charge in [0.1, 0.15) is 0 Å². The fourth-order valence-corrected chi connectivity index (χ4v) is 1.23. The number of allylic oxidation sites excluding steroid dienone is 1. The van der Waals surface area contributed by atoms with E-state index in [2.05, 4.69) is 6.92 Å². The van der Waals surface area contributed by atoms with Gasteiger partial charge in [0.2, 0.25) is 0 Å². The largest absolute Gasteiger partial charge is 0.463 e. The minimum atomic E-state index is -0.154. The van der Waals surface area contributed by atoms with Crippen molar-refractivity contribution in [3.63, 3.8) is 0 Å². The molecule has 0 heterocycles. The number of hydrogen-bond acceptors (Lipinski definition) is 2. The maximum absolute atomic E-state index is 11.5. The molecule has 0 aromatic rings. The molecule has 0 bridgehead atoms. The quantitative estimate of drug-likeness (QED) is 0.372. The van der Waals surface area contributed by atoms with Gasteiger partial charge in [-0.2, -0.15) is 0 Å². The summed E-state index contributed by atoms with van der Waals surface area (Å²) in [7, 11) is 0. The van der Waals surface area contributed by atoms with Gasteiger partial charge in [-0.05, 0) is 19.3 Å². The standard InChI is InChI=1S/C12H22O2/c1-5-7-8-9-11(10(3)4)12(13)14-6-2/h9-10H,5-8H2,1-4H3/b11-9+. The fourth-order valence-electron chi connectivity index (χ4n) is 1.23. The van der Waals surface area contributed by atoms with Crippen LogP contribution in [0, 0.1) is 5.92 Å². The van der Waals surface area contributed by atoms with Crippen molar-refractivity contribution < 1.29 is 9.53 Å². The van der Waals surface area contributed by atoms with E-state index in [1.165, 1.54) is 0 Å². The summed E-state index contributed by atoms with van der Waals surface area (Å²) in [4.78, 5) is 11.5. The van der Waals surface area contributed by atoms with Crippen LogP contribution in [0.2, 0.25) is 0 Å². The molecule has 0 fully saturated rings. The van der Waals surface area contributed by atoms with E-state index in [9.17, 15) is 4.79 Å². The molecule has 0 aliphatic heterocycles. The molecule has 0 rings (SSSR count). The predicted molar refractivity (Wildman–Crippen MR) is 59.1 cm³/mol. The van der Waals surface area contributed by atoms with Crippen LogP contribution in [-0.2, 0) is 9.53 Å². The second-order valence-corrected chi connectivity index (χ2v) is 3.68. The van der Waals surface area contributed by atoms with Crippen molar-refractivity contribution in [2.24, 2.45) is 5.92 Å². The Kier molecular flexibility index (Phi) is 7.17. The Morgan fingerprint density at radius 2 is 2.00 bits per heavy atom. The van der Waals surface area contributed by atoms with Gasteiger partial charge in [-0.3, -0.25) is 0 Å². The Hall–Kier alpha value is -0.790. The highest BCUT2D eigenvalue weighted by atomic mass is 16.5. The van der Waals surface area contributed by atoms with E-state index in [1.807, 2.05) is 26.8 Å². The first-order valence-electron chi connectivity index (χ1n) is 5.50. The lowest BCUT2D eigenvalue weighted by Gasteiger charge is -2.09. The smallest absolute Gasteiger partial charge is 0.333 e. The van der Waals surface area contributed by atoms with E-state index in [0.29, 0.717) is 6.61 Å². The molecule has 0 aromatic heterocycles. The van der Waals surface area contributed by atoms with Gasteiger partial charge in [-0.25, -0.2) is 4.79 Å². The van der Waals surface area contributed by atoms with Gasteiger partial charge in [-0.1, -0.05) is 39.7 Å². The van der Waals surface area contributed by atoms with Crippen molar-refractivity contribution in [3.8, 4) is 0 Å². The van der Waals surface area contributed by atoms with E-state index in [-0.39, 0.29) is 11.9 Å². The maximum atomic E-state index is 11.5. The zero-order valence-electron chi connectivity index (χ0n) is 9.80. The Morgan fingerprint density at radius 3 is 2.43 bits per heavy atom. The number of esters is 1. The first kappa shape index (κ1) is 13.2. The summed E-state index contributed by atoms with van der Waals surface area (Å²) in [5.74, 6) is 0.101. The molecule has 0 aliphatic rings. The first-order valence-corrected chi connectivity index (χ1v) is 5.50. The third-order valence-corrected chi connectivity index (χ3v) is 2.06. The van der Waals surface area contributed by atoms with Crippen LogP contribution in [0.15, 0.2) is 11.6 Å². The van der Waals surface area contributed by atoms with Gasteiger partial charge in [-0.15, -0.1) is 0 Å². The summed E-state index contributed by atoms with van der Waals surface area (Å²) in [6.07, 6.45) is 5.29. The summed E-state index contributed by atoms with van der Waals surface area (Å²) in [5.41, 5.74) is 0.820. The van der Waals surface area contributed by atoms with Gasteiger partial charge in [0.25, 0.3) is 0 Å². The molecule has 0 aromatic carbocycles. The zero-order valence-corrected chi connectivity index (χ0v) is 9.80. The Labute approximate surface area is 87.3 Å². The fraction of sp³-hybridized carbons (Fsp3) is 0.750. The van der Waals surface area contributed by atoms with Crippen molar-refractivity contribution in [3.05, 3.63) is 11.6 Å². The van der Waals surface area contributed by atoms with E-state index in [0.717, 1.165) is 24.8 Å². The van der Waals surface area contributed by atoms with E-state index in [1.54, 1.807) is 0 Å². The molecule has 0 atom stereocenters. The highest BCUT2D eigenvalue weighted by Crippen LogP contribution is 2.13. The van der Waals surface area contributed by atoms with Crippen LogP contribution >= 0.6 is 0 Å². The summed E-state index contributed by atoms with van der Waals surface area (Å²) in [6, 6.07) is 0. The van der Waals surface area contributed by atoms with Crippen molar-refractivity contribution in [2.45, 2.75) is 47.0 Å². The minimum absolute atomic E-state index is 0.154. The number of unbranched alkanes of at least 4 members (excludes halogenated alkanes) is 2. The van der Waals surface area contributed by atoms with Crippen LogP contribution in [0.3, 0.4) is 0 Å². The van der Waals surface area contributed by atoms with Gasteiger partial charge in [0.15, 0.2) is 0 Å². The SMILES string of the molecule is CCCC/C=C(/C(=O)OCC)C(C)C. The van der Waals surface area contributed by atoms with Crippen molar-refractivity contribution in [1.29, 1.82) is 0 Å². The molecular weight excluding hydrogens is 176 g/mol. The number of carbonyl (C=O) groups excluding carboxylic acids is 1. The highest BCUT2D eigenvalue weighted by Gasteiger charge is 2.13.